The number of hydrogen-bond donors (Lipinski definition) is 0. The van der Waals surface area contributed by atoms with Crippen LogP contribution in [0.25, 0.3) is 76.1 Å². The van der Waals surface area contributed by atoms with Crippen LogP contribution >= 0.6 is 0 Å². The molecule has 0 unspecified atom stereocenters. The van der Waals surface area contributed by atoms with E-state index in [-0.39, 0.29) is 0 Å². The van der Waals surface area contributed by atoms with Crippen molar-refractivity contribution < 1.29 is 9.31 Å². The molecule has 0 aromatic heterocycles. The van der Waals surface area contributed by atoms with Crippen molar-refractivity contribution in [3.05, 3.63) is 127 Å². The molecular weight excluding hydrogens is 547 g/mol. The van der Waals surface area contributed by atoms with Gasteiger partial charge in [-0.05, 0) is 121 Å². The summed E-state index contributed by atoms with van der Waals surface area (Å²) in [4.78, 5) is 0. The second-order valence-electron chi connectivity index (χ2n) is 13.6. The quantitative estimate of drug-likeness (QED) is 0.153. The van der Waals surface area contributed by atoms with Crippen LogP contribution in [0.3, 0.4) is 0 Å². The molecule has 0 radical (unpaired) electrons. The first-order chi connectivity index (χ1) is 21.8. The first kappa shape index (κ1) is 26.7. The SMILES string of the molecule is CC1(C)OB(c2cc(-c3ccc4ccccc4c3)c3ccc4ccc(-c5ccc6ccccc6c5)c5ccc2c3c45)OC1(C)C. The van der Waals surface area contributed by atoms with Crippen LogP contribution in [-0.4, -0.2) is 18.3 Å². The fourth-order valence-corrected chi connectivity index (χ4v) is 7.29. The van der Waals surface area contributed by atoms with Gasteiger partial charge in [-0.3, -0.25) is 0 Å². The smallest absolute Gasteiger partial charge is 0.399 e. The Kier molecular flexibility index (Phi) is 5.58. The van der Waals surface area contributed by atoms with Gasteiger partial charge >= 0.3 is 7.12 Å². The van der Waals surface area contributed by atoms with Gasteiger partial charge in [-0.15, -0.1) is 0 Å². The molecule has 0 aliphatic carbocycles. The zero-order valence-corrected chi connectivity index (χ0v) is 26.0. The van der Waals surface area contributed by atoms with Crippen LogP contribution in [0.4, 0.5) is 0 Å². The van der Waals surface area contributed by atoms with E-state index >= 15 is 0 Å². The normalized spacial score (nSPS) is 16.1. The molecule has 8 aromatic carbocycles. The summed E-state index contributed by atoms with van der Waals surface area (Å²) in [6.07, 6.45) is 0. The molecular formula is C42H33BO2. The highest BCUT2D eigenvalue weighted by molar-refractivity contribution is 6.66. The van der Waals surface area contributed by atoms with Gasteiger partial charge in [0.05, 0.1) is 11.2 Å². The second-order valence-corrected chi connectivity index (χ2v) is 13.6. The Hall–Kier alpha value is -4.70. The Morgan fingerprint density at radius 2 is 0.911 bits per heavy atom. The van der Waals surface area contributed by atoms with E-state index in [4.69, 9.17) is 9.31 Å². The van der Waals surface area contributed by atoms with Gasteiger partial charge in [-0.1, -0.05) is 115 Å². The Bertz CT molecular complexity index is 2440. The zero-order chi connectivity index (χ0) is 30.5. The second kappa shape index (κ2) is 9.41. The third-order valence-corrected chi connectivity index (χ3v) is 10.4. The summed E-state index contributed by atoms with van der Waals surface area (Å²) in [6, 6.07) is 46.8. The first-order valence-corrected chi connectivity index (χ1v) is 15.9. The summed E-state index contributed by atoms with van der Waals surface area (Å²) >= 11 is 0. The van der Waals surface area contributed by atoms with E-state index in [1.807, 2.05) is 0 Å². The van der Waals surface area contributed by atoms with Gasteiger partial charge in [0.2, 0.25) is 0 Å². The number of benzene rings is 8. The molecule has 0 bridgehead atoms. The predicted octanol–water partition coefficient (Wildman–Crippen LogP) is 10.5. The molecule has 1 saturated heterocycles. The summed E-state index contributed by atoms with van der Waals surface area (Å²) in [6.45, 7) is 8.51. The molecule has 1 aliphatic heterocycles. The molecule has 0 saturated carbocycles. The standard InChI is InChI=1S/C42H33BO2/c1-41(2)42(3,4)45-43(44-41)38-25-37(32-16-14-27-10-6-8-12-30(27)24-32)35-20-18-28-17-19-33(34-21-22-36(38)40(35)39(28)34)31-15-13-26-9-5-7-11-29(26)23-31/h5-25H,1-4H3. The largest absolute Gasteiger partial charge is 0.495 e. The van der Waals surface area contributed by atoms with Crippen molar-refractivity contribution in [1.82, 2.24) is 0 Å². The van der Waals surface area contributed by atoms with Crippen LogP contribution in [0.5, 0.6) is 0 Å². The Balaban J connectivity index is 1.36. The van der Waals surface area contributed by atoms with Crippen molar-refractivity contribution in [2.45, 2.75) is 38.9 Å². The molecule has 1 aliphatic rings. The van der Waals surface area contributed by atoms with Crippen molar-refractivity contribution >= 4 is 66.4 Å². The van der Waals surface area contributed by atoms with Crippen LogP contribution in [0.1, 0.15) is 27.7 Å². The monoisotopic (exact) mass is 580 g/mol. The molecule has 45 heavy (non-hydrogen) atoms. The highest BCUT2D eigenvalue weighted by Gasteiger charge is 2.52. The fourth-order valence-electron chi connectivity index (χ4n) is 7.29. The molecule has 3 heteroatoms. The Morgan fingerprint density at radius 1 is 0.422 bits per heavy atom. The molecule has 1 heterocycles. The predicted molar refractivity (Wildman–Crippen MR) is 192 cm³/mol. The topological polar surface area (TPSA) is 18.5 Å². The number of fused-ring (bicyclic) bond motifs is 2. The maximum atomic E-state index is 6.71. The van der Waals surface area contributed by atoms with E-state index in [9.17, 15) is 0 Å². The summed E-state index contributed by atoms with van der Waals surface area (Å²) in [5.41, 5.74) is 5.07. The lowest BCUT2D eigenvalue weighted by Gasteiger charge is -2.32. The highest BCUT2D eigenvalue weighted by atomic mass is 16.7. The minimum Gasteiger partial charge on any atom is -0.399 e. The summed E-state index contributed by atoms with van der Waals surface area (Å²) in [5.74, 6) is 0. The van der Waals surface area contributed by atoms with E-state index in [0.29, 0.717) is 0 Å². The van der Waals surface area contributed by atoms with Crippen molar-refractivity contribution in [1.29, 1.82) is 0 Å². The van der Waals surface area contributed by atoms with E-state index in [1.54, 1.807) is 0 Å². The van der Waals surface area contributed by atoms with Crippen molar-refractivity contribution in [3.8, 4) is 22.3 Å². The summed E-state index contributed by atoms with van der Waals surface area (Å²) in [5, 5.41) is 12.5. The maximum absolute atomic E-state index is 6.71. The lowest BCUT2D eigenvalue weighted by molar-refractivity contribution is 0.00578. The average molecular weight is 581 g/mol. The molecule has 0 N–H and O–H groups in total. The summed E-state index contributed by atoms with van der Waals surface area (Å²) in [7, 11) is -0.473. The van der Waals surface area contributed by atoms with Crippen molar-refractivity contribution in [3.63, 3.8) is 0 Å². The minimum absolute atomic E-state index is 0.437. The highest BCUT2D eigenvalue weighted by Crippen LogP contribution is 2.44. The molecule has 9 rings (SSSR count). The lowest BCUT2D eigenvalue weighted by Crippen LogP contribution is -2.41. The molecule has 0 spiro atoms. The Morgan fingerprint density at radius 3 is 1.56 bits per heavy atom. The van der Waals surface area contributed by atoms with Gasteiger partial charge in [0, 0.05) is 0 Å². The van der Waals surface area contributed by atoms with Gasteiger partial charge in [-0.25, -0.2) is 0 Å². The molecule has 2 nitrogen and oxygen atoms in total. The van der Waals surface area contributed by atoms with Crippen LogP contribution in [0.2, 0.25) is 0 Å². The van der Waals surface area contributed by atoms with Crippen molar-refractivity contribution in [2.24, 2.45) is 0 Å². The van der Waals surface area contributed by atoms with Crippen LogP contribution < -0.4 is 5.46 Å². The van der Waals surface area contributed by atoms with E-state index in [1.165, 1.54) is 76.1 Å². The Labute approximate surface area is 263 Å². The fraction of sp³-hybridized carbons (Fsp3) is 0.143. The maximum Gasteiger partial charge on any atom is 0.495 e. The van der Waals surface area contributed by atoms with Crippen LogP contribution in [0, 0.1) is 0 Å². The third-order valence-electron chi connectivity index (χ3n) is 10.4. The van der Waals surface area contributed by atoms with Gasteiger partial charge in [-0.2, -0.15) is 0 Å². The van der Waals surface area contributed by atoms with Crippen LogP contribution in [-0.2, 0) is 9.31 Å². The number of hydrogen-bond acceptors (Lipinski definition) is 2. The van der Waals surface area contributed by atoms with E-state index in [2.05, 4.69) is 155 Å². The zero-order valence-electron chi connectivity index (χ0n) is 26.0. The molecule has 0 amide bonds. The number of rotatable bonds is 3. The molecule has 1 fully saturated rings. The van der Waals surface area contributed by atoms with Gasteiger partial charge in [0.15, 0.2) is 0 Å². The van der Waals surface area contributed by atoms with Gasteiger partial charge in [0.1, 0.15) is 0 Å². The van der Waals surface area contributed by atoms with Gasteiger partial charge in [0.25, 0.3) is 0 Å². The molecule has 216 valence electrons. The summed E-state index contributed by atoms with van der Waals surface area (Å²) < 4.78 is 13.4. The van der Waals surface area contributed by atoms with E-state index in [0.717, 1.165) is 5.46 Å². The minimum atomic E-state index is -0.473. The van der Waals surface area contributed by atoms with Gasteiger partial charge < -0.3 is 9.31 Å². The lowest BCUT2D eigenvalue weighted by atomic mass is 9.72. The molecule has 8 aromatic rings. The third kappa shape index (κ3) is 3.98. The van der Waals surface area contributed by atoms with Crippen LogP contribution in [0.15, 0.2) is 127 Å². The first-order valence-electron chi connectivity index (χ1n) is 15.9. The average Bonchev–Trinajstić information content (AvgIpc) is 3.28. The van der Waals surface area contributed by atoms with E-state index < -0.39 is 18.3 Å². The van der Waals surface area contributed by atoms with Crippen molar-refractivity contribution in [2.75, 3.05) is 0 Å². The molecule has 0 atom stereocenters.